The van der Waals surface area contributed by atoms with Crippen LogP contribution in [-0.2, 0) is 9.53 Å². The average molecular weight is 306 g/mol. The highest BCUT2D eigenvalue weighted by molar-refractivity contribution is 7.10. The molecule has 7 heteroatoms. The van der Waals surface area contributed by atoms with Crippen molar-refractivity contribution in [2.24, 2.45) is 0 Å². The summed E-state index contributed by atoms with van der Waals surface area (Å²) in [5.74, 6) is 1.40. The number of hydrogen-bond donors (Lipinski definition) is 1. The third kappa shape index (κ3) is 2.98. The molecule has 1 N–H and O–H groups in total. The van der Waals surface area contributed by atoms with Gasteiger partial charge in [-0.05, 0) is 25.3 Å². The zero-order valence-electron chi connectivity index (χ0n) is 12.1. The molecule has 1 aliphatic rings. The smallest absolute Gasteiger partial charge is 0.230 e. The second-order valence-corrected chi connectivity index (χ2v) is 6.14. The van der Waals surface area contributed by atoms with Gasteiger partial charge >= 0.3 is 0 Å². The minimum Gasteiger partial charge on any atom is -0.366 e. The van der Waals surface area contributed by atoms with Gasteiger partial charge in [-0.3, -0.25) is 9.89 Å². The van der Waals surface area contributed by atoms with E-state index in [4.69, 9.17) is 4.74 Å². The Kier molecular flexibility index (Phi) is 4.03. The molecule has 0 aromatic carbocycles. The van der Waals surface area contributed by atoms with Gasteiger partial charge in [0.2, 0.25) is 5.91 Å². The van der Waals surface area contributed by atoms with Crippen LogP contribution in [0.3, 0.4) is 0 Å². The lowest BCUT2D eigenvalue weighted by Crippen LogP contribution is -2.44. The molecule has 0 bridgehead atoms. The van der Waals surface area contributed by atoms with Crippen LogP contribution in [0.15, 0.2) is 17.5 Å². The molecule has 0 spiro atoms. The number of ether oxygens (including phenoxy) is 1. The summed E-state index contributed by atoms with van der Waals surface area (Å²) in [6.45, 7) is 5.44. The fourth-order valence-corrected chi connectivity index (χ4v) is 3.22. The van der Waals surface area contributed by atoms with Crippen LogP contribution in [0.25, 0.3) is 0 Å². The van der Waals surface area contributed by atoms with Gasteiger partial charge in [0, 0.05) is 11.4 Å². The summed E-state index contributed by atoms with van der Waals surface area (Å²) in [6, 6.07) is 3.98. The van der Waals surface area contributed by atoms with Crippen LogP contribution < -0.4 is 0 Å². The number of aryl methyl sites for hydroxylation is 1. The third-order valence-corrected chi connectivity index (χ3v) is 4.68. The van der Waals surface area contributed by atoms with Crippen molar-refractivity contribution in [3.05, 3.63) is 34.0 Å². The second-order valence-electron chi connectivity index (χ2n) is 5.16. The summed E-state index contributed by atoms with van der Waals surface area (Å²) in [5.41, 5.74) is 0. The number of morpholine rings is 1. The van der Waals surface area contributed by atoms with Gasteiger partial charge in [-0.2, -0.15) is 5.10 Å². The Labute approximate surface area is 127 Å². The van der Waals surface area contributed by atoms with E-state index in [1.807, 2.05) is 36.3 Å². The summed E-state index contributed by atoms with van der Waals surface area (Å²) >= 11 is 1.62. The Morgan fingerprint density at radius 2 is 2.48 bits per heavy atom. The SMILES string of the molecule is Cc1nc(C2CN(C(=O)C(C)c3cccs3)CCO2)n[nH]1. The highest BCUT2D eigenvalue weighted by atomic mass is 32.1. The van der Waals surface area contributed by atoms with E-state index < -0.39 is 0 Å². The number of hydrogen-bond acceptors (Lipinski definition) is 5. The van der Waals surface area contributed by atoms with Crippen molar-refractivity contribution in [3.63, 3.8) is 0 Å². The molecule has 0 aliphatic carbocycles. The molecule has 6 nitrogen and oxygen atoms in total. The lowest BCUT2D eigenvalue weighted by Gasteiger charge is -2.33. The number of thiophene rings is 1. The Morgan fingerprint density at radius 1 is 1.62 bits per heavy atom. The molecule has 3 rings (SSSR count). The fraction of sp³-hybridized carbons (Fsp3) is 0.500. The van der Waals surface area contributed by atoms with Crippen molar-refractivity contribution in [1.82, 2.24) is 20.1 Å². The summed E-state index contributed by atoms with van der Waals surface area (Å²) in [6.07, 6.45) is -0.247. The number of H-pyrrole nitrogens is 1. The average Bonchev–Trinajstić information content (AvgIpc) is 3.17. The lowest BCUT2D eigenvalue weighted by atomic mass is 10.1. The Morgan fingerprint density at radius 3 is 3.14 bits per heavy atom. The predicted molar refractivity (Wildman–Crippen MR) is 79.1 cm³/mol. The lowest BCUT2D eigenvalue weighted by molar-refractivity contribution is -0.140. The molecule has 3 heterocycles. The Balaban J connectivity index is 1.69. The molecular weight excluding hydrogens is 288 g/mol. The molecule has 1 amide bonds. The molecule has 2 unspecified atom stereocenters. The van der Waals surface area contributed by atoms with Crippen LogP contribution in [-0.4, -0.2) is 45.7 Å². The molecule has 0 saturated carbocycles. The van der Waals surface area contributed by atoms with Gasteiger partial charge in [0.05, 0.1) is 19.1 Å². The maximum atomic E-state index is 12.6. The van der Waals surface area contributed by atoms with E-state index in [9.17, 15) is 4.79 Å². The van der Waals surface area contributed by atoms with E-state index in [1.54, 1.807) is 11.3 Å². The number of nitrogens with zero attached hydrogens (tertiary/aromatic N) is 3. The molecule has 2 atom stereocenters. The number of rotatable bonds is 3. The zero-order chi connectivity index (χ0) is 14.8. The van der Waals surface area contributed by atoms with Crippen LogP contribution in [0.5, 0.6) is 0 Å². The van der Waals surface area contributed by atoms with Crippen molar-refractivity contribution in [2.75, 3.05) is 19.7 Å². The van der Waals surface area contributed by atoms with Crippen LogP contribution in [0.4, 0.5) is 0 Å². The first-order chi connectivity index (χ1) is 10.1. The van der Waals surface area contributed by atoms with Gasteiger partial charge < -0.3 is 9.64 Å². The molecule has 2 aromatic heterocycles. The number of aromatic amines is 1. The van der Waals surface area contributed by atoms with Gasteiger partial charge in [0.15, 0.2) is 5.82 Å². The summed E-state index contributed by atoms with van der Waals surface area (Å²) < 4.78 is 5.69. The van der Waals surface area contributed by atoms with E-state index in [0.29, 0.717) is 25.5 Å². The standard InChI is InChI=1S/C14H18N4O2S/c1-9(12-4-3-7-21-12)14(19)18-5-6-20-11(8-18)13-15-10(2)16-17-13/h3-4,7,9,11H,5-6,8H2,1-2H3,(H,15,16,17). The van der Waals surface area contributed by atoms with Crippen molar-refractivity contribution in [3.8, 4) is 0 Å². The van der Waals surface area contributed by atoms with Crippen LogP contribution in [0.1, 0.15) is 35.5 Å². The van der Waals surface area contributed by atoms with E-state index in [-0.39, 0.29) is 17.9 Å². The molecule has 0 radical (unpaired) electrons. The number of carbonyl (C=O) groups excluding carboxylic acids is 1. The van der Waals surface area contributed by atoms with E-state index >= 15 is 0 Å². The highest BCUT2D eigenvalue weighted by Gasteiger charge is 2.30. The zero-order valence-corrected chi connectivity index (χ0v) is 12.9. The Bertz CT molecular complexity index is 610. The molecule has 1 aliphatic heterocycles. The molecular formula is C14H18N4O2S. The van der Waals surface area contributed by atoms with Crippen molar-refractivity contribution < 1.29 is 9.53 Å². The minimum atomic E-state index is -0.247. The monoisotopic (exact) mass is 306 g/mol. The van der Waals surface area contributed by atoms with E-state index in [1.165, 1.54) is 0 Å². The van der Waals surface area contributed by atoms with Crippen molar-refractivity contribution in [2.45, 2.75) is 25.9 Å². The number of carbonyl (C=O) groups is 1. The van der Waals surface area contributed by atoms with Gasteiger partial charge in [0.25, 0.3) is 0 Å². The quantitative estimate of drug-likeness (QED) is 0.940. The molecule has 112 valence electrons. The van der Waals surface area contributed by atoms with Gasteiger partial charge in [0.1, 0.15) is 11.9 Å². The van der Waals surface area contributed by atoms with Crippen LogP contribution in [0, 0.1) is 6.92 Å². The summed E-state index contributed by atoms with van der Waals surface area (Å²) in [7, 11) is 0. The normalized spacial score (nSPS) is 20.5. The summed E-state index contributed by atoms with van der Waals surface area (Å²) in [4.78, 5) is 19.8. The molecule has 1 saturated heterocycles. The minimum absolute atomic E-state index is 0.113. The fourth-order valence-electron chi connectivity index (χ4n) is 2.44. The first kappa shape index (κ1) is 14.2. The van der Waals surface area contributed by atoms with Crippen LogP contribution >= 0.6 is 11.3 Å². The second kappa shape index (κ2) is 5.95. The third-order valence-electron chi connectivity index (χ3n) is 3.62. The Hall–Kier alpha value is -1.73. The first-order valence-corrected chi connectivity index (χ1v) is 7.86. The number of amides is 1. The predicted octanol–water partition coefficient (Wildman–Crippen LogP) is 1.88. The van der Waals surface area contributed by atoms with Crippen LogP contribution in [0.2, 0.25) is 0 Å². The maximum absolute atomic E-state index is 12.6. The van der Waals surface area contributed by atoms with Crippen molar-refractivity contribution in [1.29, 1.82) is 0 Å². The highest BCUT2D eigenvalue weighted by Crippen LogP contribution is 2.26. The van der Waals surface area contributed by atoms with Crippen molar-refractivity contribution >= 4 is 17.2 Å². The molecule has 2 aromatic rings. The van der Waals surface area contributed by atoms with E-state index in [2.05, 4.69) is 15.2 Å². The maximum Gasteiger partial charge on any atom is 0.230 e. The largest absolute Gasteiger partial charge is 0.366 e. The van der Waals surface area contributed by atoms with Gasteiger partial charge in [-0.25, -0.2) is 4.98 Å². The van der Waals surface area contributed by atoms with Gasteiger partial charge in [-0.15, -0.1) is 11.3 Å². The topological polar surface area (TPSA) is 71.1 Å². The number of aromatic nitrogens is 3. The summed E-state index contributed by atoms with van der Waals surface area (Å²) in [5, 5.41) is 8.94. The first-order valence-electron chi connectivity index (χ1n) is 6.98. The van der Waals surface area contributed by atoms with E-state index in [0.717, 1.165) is 10.7 Å². The molecule has 1 fully saturated rings. The van der Waals surface area contributed by atoms with Gasteiger partial charge in [-0.1, -0.05) is 6.07 Å². The molecule has 21 heavy (non-hydrogen) atoms. The number of nitrogens with one attached hydrogen (secondary N) is 1.